The molecule has 3 heterocycles. The fourth-order valence-corrected chi connectivity index (χ4v) is 2.59. The summed E-state index contributed by atoms with van der Waals surface area (Å²) in [6.07, 6.45) is -1.93. The second-order valence-corrected chi connectivity index (χ2v) is 6.38. The molecule has 0 bridgehead atoms. The van der Waals surface area contributed by atoms with Crippen LogP contribution >= 0.6 is 0 Å². The van der Waals surface area contributed by atoms with Gasteiger partial charge in [-0.05, 0) is 26.0 Å². The summed E-state index contributed by atoms with van der Waals surface area (Å²) in [5, 5.41) is 14.1. The Morgan fingerprint density at radius 3 is 2.72 bits per heavy atom. The van der Waals surface area contributed by atoms with Crippen molar-refractivity contribution in [3.63, 3.8) is 0 Å². The molecule has 12 heteroatoms. The molecular weight excluding hydrogens is 391 g/mol. The SMILES string of the molecule is COc1nn(CC(F)(F)F)cc1C(=O)Nc1cccc(-c2nncn2C(C)C)n1. The van der Waals surface area contributed by atoms with Crippen LogP contribution < -0.4 is 10.1 Å². The van der Waals surface area contributed by atoms with Gasteiger partial charge in [0, 0.05) is 12.2 Å². The molecule has 0 saturated heterocycles. The Balaban J connectivity index is 1.84. The largest absolute Gasteiger partial charge is 0.479 e. The Bertz CT molecular complexity index is 1010. The number of nitrogens with zero attached hydrogens (tertiary/aromatic N) is 6. The van der Waals surface area contributed by atoms with E-state index in [-0.39, 0.29) is 23.3 Å². The van der Waals surface area contributed by atoms with Crippen LogP contribution in [0.2, 0.25) is 0 Å². The summed E-state index contributed by atoms with van der Waals surface area (Å²) in [5.41, 5.74) is 0.336. The van der Waals surface area contributed by atoms with Crippen molar-refractivity contribution >= 4 is 11.7 Å². The van der Waals surface area contributed by atoms with Gasteiger partial charge >= 0.3 is 6.18 Å². The molecule has 154 valence electrons. The minimum Gasteiger partial charge on any atom is -0.479 e. The van der Waals surface area contributed by atoms with Crippen LogP contribution in [-0.4, -0.2) is 48.7 Å². The van der Waals surface area contributed by atoms with Crippen molar-refractivity contribution in [1.29, 1.82) is 0 Å². The monoisotopic (exact) mass is 409 g/mol. The maximum Gasteiger partial charge on any atom is 0.408 e. The normalized spacial score (nSPS) is 11.7. The van der Waals surface area contributed by atoms with Crippen LogP contribution in [0.3, 0.4) is 0 Å². The van der Waals surface area contributed by atoms with E-state index in [2.05, 4.69) is 25.6 Å². The van der Waals surface area contributed by atoms with Gasteiger partial charge in [0.2, 0.25) is 5.88 Å². The van der Waals surface area contributed by atoms with Crippen molar-refractivity contribution < 1.29 is 22.7 Å². The van der Waals surface area contributed by atoms with Gasteiger partial charge in [0.05, 0.1) is 7.11 Å². The van der Waals surface area contributed by atoms with E-state index in [0.717, 1.165) is 6.20 Å². The second kappa shape index (κ2) is 7.89. The smallest absolute Gasteiger partial charge is 0.408 e. The Hall–Kier alpha value is -3.44. The van der Waals surface area contributed by atoms with E-state index < -0.39 is 18.6 Å². The lowest BCUT2D eigenvalue weighted by Gasteiger charge is -2.10. The number of aromatic nitrogens is 6. The Morgan fingerprint density at radius 1 is 1.31 bits per heavy atom. The van der Waals surface area contributed by atoms with Crippen molar-refractivity contribution in [2.45, 2.75) is 32.6 Å². The molecule has 3 aromatic rings. The number of nitrogens with one attached hydrogen (secondary N) is 1. The molecule has 0 spiro atoms. The molecule has 0 unspecified atom stereocenters. The van der Waals surface area contributed by atoms with Gasteiger partial charge in [0.1, 0.15) is 29.9 Å². The van der Waals surface area contributed by atoms with Crippen molar-refractivity contribution in [2.75, 3.05) is 12.4 Å². The highest BCUT2D eigenvalue weighted by molar-refractivity contribution is 6.05. The van der Waals surface area contributed by atoms with Gasteiger partial charge in [0.25, 0.3) is 5.91 Å². The molecule has 1 N–H and O–H groups in total. The van der Waals surface area contributed by atoms with E-state index in [9.17, 15) is 18.0 Å². The minimum absolute atomic E-state index is 0.101. The van der Waals surface area contributed by atoms with Gasteiger partial charge in [0.15, 0.2) is 5.82 Å². The number of carbonyl (C=O) groups is 1. The zero-order chi connectivity index (χ0) is 21.2. The lowest BCUT2D eigenvalue weighted by Crippen LogP contribution is -2.18. The van der Waals surface area contributed by atoms with E-state index in [4.69, 9.17) is 4.74 Å². The number of ether oxygens (including phenoxy) is 1. The average molecular weight is 409 g/mol. The molecule has 0 aromatic carbocycles. The molecule has 0 fully saturated rings. The topological polar surface area (TPSA) is 99.8 Å². The number of halogens is 3. The molecule has 0 aliphatic carbocycles. The highest BCUT2D eigenvalue weighted by Crippen LogP contribution is 2.23. The second-order valence-electron chi connectivity index (χ2n) is 6.38. The summed E-state index contributed by atoms with van der Waals surface area (Å²) in [6, 6.07) is 5.02. The number of rotatable bonds is 6. The number of pyridine rings is 1. The molecule has 0 radical (unpaired) electrons. The molecule has 0 aliphatic heterocycles. The van der Waals surface area contributed by atoms with Crippen molar-refractivity contribution in [2.24, 2.45) is 0 Å². The third kappa shape index (κ3) is 4.70. The first-order valence-electron chi connectivity index (χ1n) is 8.54. The van der Waals surface area contributed by atoms with Gasteiger partial charge in [-0.25, -0.2) is 4.98 Å². The van der Waals surface area contributed by atoms with Gasteiger partial charge in [-0.1, -0.05) is 6.07 Å². The summed E-state index contributed by atoms with van der Waals surface area (Å²) in [6.45, 7) is 2.59. The van der Waals surface area contributed by atoms with Crippen LogP contribution in [0.1, 0.15) is 30.2 Å². The molecule has 29 heavy (non-hydrogen) atoms. The minimum atomic E-state index is -4.48. The number of amides is 1. The van der Waals surface area contributed by atoms with Gasteiger partial charge in [-0.2, -0.15) is 13.2 Å². The van der Waals surface area contributed by atoms with Gasteiger partial charge < -0.3 is 14.6 Å². The molecule has 0 aliphatic rings. The van der Waals surface area contributed by atoms with E-state index in [1.165, 1.54) is 7.11 Å². The first kappa shape index (κ1) is 20.3. The number of methoxy groups -OCH3 is 1. The molecule has 0 saturated carbocycles. The van der Waals surface area contributed by atoms with Gasteiger partial charge in [-0.3, -0.25) is 9.48 Å². The molecule has 1 amide bonds. The van der Waals surface area contributed by atoms with Crippen LogP contribution in [-0.2, 0) is 6.54 Å². The quantitative estimate of drug-likeness (QED) is 0.672. The maximum absolute atomic E-state index is 12.6. The Labute approximate surface area is 163 Å². The highest BCUT2D eigenvalue weighted by atomic mass is 19.4. The summed E-state index contributed by atoms with van der Waals surface area (Å²) < 4.78 is 45.1. The fraction of sp³-hybridized carbons (Fsp3) is 0.353. The predicted octanol–water partition coefficient (Wildman–Crippen LogP) is 2.94. The van der Waals surface area contributed by atoms with Crippen LogP contribution in [0.15, 0.2) is 30.7 Å². The van der Waals surface area contributed by atoms with E-state index in [0.29, 0.717) is 16.2 Å². The first-order chi connectivity index (χ1) is 13.7. The zero-order valence-electron chi connectivity index (χ0n) is 15.8. The van der Waals surface area contributed by atoms with Crippen molar-refractivity contribution in [3.05, 3.63) is 36.3 Å². The van der Waals surface area contributed by atoms with Gasteiger partial charge in [-0.15, -0.1) is 15.3 Å². The molecular formula is C17H18F3N7O2. The third-order valence-corrected chi connectivity index (χ3v) is 3.86. The molecule has 0 atom stereocenters. The number of alkyl halides is 3. The fourth-order valence-electron chi connectivity index (χ4n) is 2.59. The van der Waals surface area contributed by atoms with Crippen LogP contribution in [0.4, 0.5) is 19.0 Å². The van der Waals surface area contributed by atoms with Crippen LogP contribution in [0.25, 0.3) is 11.5 Å². The van der Waals surface area contributed by atoms with E-state index >= 15 is 0 Å². The van der Waals surface area contributed by atoms with Crippen LogP contribution in [0.5, 0.6) is 5.88 Å². The zero-order valence-corrected chi connectivity index (χ0v) is 15.8. The Morgan fingerprint density at radius 2 is 2.07 bits per heavy atom. The maximum atomic E-state index is 12.6. The number of hydrogen-bond acceptors (Lipinski definition) is 6. The summed E-state index contributed by atoms with van der Waals surface area (Å²) in [5.74, 6) is -0.212. The number of carbonyl (C=O) groups excluding carboxylic acids is 1. The van der Waals surface area contributed by atoms with E-state index in [1.807, 2.05) is 18.4 Å². The highest BCUT2D eigenvalue weighted by Gasteiger charge is 2.30. The van der Waals surface area contributed by atoms with Crippen LogP contribution in [0, 0.1) is 0 Å². The average Bonchev–Trinajstić information content (AvgIpc) is 3.27. The van der Waals surface area contributed by atoms with Crippen molar-refractivity contribution in [3.8, 4) is 17.4 Å². The van der Waals surface area contributed by atoms with Crippen molar-refractivity contribution in [1.82, 2.24) is 29.5 Å². The van der Waals surface area contributed by atoms with E-state index in [1.54, 1.807) is 24.5 Å². The standard InChI is InChI=1S/C17H18F3N7O2/c1-10(2)27-9-21-24-14(27)12-5-4-6-13(22-12)23-15(28)11-7-26(8-17(18,19)20)25-16(11)29-3/h4-7,9-10H,8H2,1-3H3,(H,22,23,28). The number of hydrogen-bond donors (Lipinski definition) is 1. The summed E-state index contributed by atoms with van der Waals surface area (Å²) in [4.78, 5) is 16.9. The Kier molecular flexibility index (Phi) is 5.52. The lowest BCUT2D eigenvalue weighted by atomic mass is 10.3. The summed E-state index contributed by atoms with van der Waals surface area (Å²) >= 11 is 0. The first-order valence-corrected chi connectivity index (χ1v) is 8.54. The predicted molar refractivity (Wildman–Crippen MR) is 96.4 cm³/mol. The number of anilines is 1. The third-order valence-electron chi connectivity index (χ3n) is 3.86. The lowest BCUT2D eigenvalue weighted by molar-refractivity contribution is -0.142. The summed E-state index contributed by atoms with van der Waals surface area (Å²) in [7, 11) is 1.22. The molecule has 9 nitrogen and oxygen atoms in total. The molecule has 3 rings (SSSR count). The molecule has 3 aromatic heterocycles.